The Balaban J connectivity index is 4.26. The lowest BCUT2D eigenvalue weighted by atomic mass is 10.1. The van der Waals surface area contributed by atoms with Gasteiger partial charge >= 0.3 is 17.9 Å². The first-order valence-electron chi connectivity index (χ1n) is 34.2. The Morgan fingerprint density at radius 2 is 0.500 bits per heavy atom. The molecule has 0 heterocycles. The van der Waals surface area contributed by atoms with Crippen molar-refractivity contribution in [3.63, 3.8) is 0 Å². The summed E-state index contributed by atoms with van der Waals surface area (Å²) in [6.07, 6.45) is 97.6. The fourth-order valence-corrected chi connectivity index (χ4v) is 9.26. The average Bonchev–Trinajstić information content (AvgIpc) is 3.47. The molecule has 0 N–H and O–H groups in total. The standard InChI is InChI=1S/C76H126O6/c1-4-7-10-13-16-19-22-24-26-28-30-32-34-35-36-37-38-39-40-41-43-44-46-48-50-52-54-57-60-63-66-69-75(78)81-72-73(71-80-74(77)68-65-62-59-56-21-18-15-12-9-6-3)82-76(79)70-67-64-61-58-55-53-51-49-47-45-42-33-31-29-27-25-23-20-17-14-11-8-5-2/h7,10,12,15-16,19,23-26,29-32,35-36,38-39,41-43,45,73H,4-6,8-9,11,13-14,17-18,20-22,27-28,33-34,37,40,44,46-72H2,1-3H3/b10-7-,15-12-,19-16-,25-23-,26-24-,31-29-,32-30-,36-35-,39-38-,43-41-,45-42-. The van der Waals surface area contributed by atoms with Crippen LogP contribution in [0.2, 0.25) is 0 Å². The summed E-state index contributed by atoms with van der Waals surface area (Å²) in [5.41, 5.74) is 0. The Labute approximate surface area is 506 Å². The SMILES string of the molecule is CC/C=C\C/C=C\C/C=C\C/C=C\C/C=C\C/C=C\C/C=C\CCCCCCCCCCCC(=O)OCC(COC(=O)CCCCCCC/C=C\CCC)OC(=O)CCCCCCCCCC/C=C\C/C=C\C/C=C\CCCCCCC. The molecule has 0 aliphatic carbocycles. The summed E-state index contributed by atoms with van der Waals surface area (Å²) in [5, 5.41) is 0. The van der Waals surface area contributed by atoms with E-state index in [0.29, 0.717) is 19.3 Å². The van der Waals surface area contributed by atoms with Crippen molar-refractivity contribution in [3.8, 4) is 0 Å². The van der Waals surface area contributed by atoms with E-state index in [0.717, 1.165) is 148 Å². The fourth-order valence-electron chi connectivity index (χ4n) is 9.26. The maximum absolute atomic E-state index is 12.9. The number of allylic oxidation sites excluding steroid dienone is 22. The number of hydrogen-bond acceptors (Lipinski definition) is 6. The van der Waals surface area contributed by atoms with E-state index in [-0.39, 0.29) is 31.1 Å². The van der Waals surface area contributed by atoms with Gasteiger partial charge in [-0.15, -0.1) is 0 Å². The molecule has 0 saturated carbocycles. The Hall–Kier alpha value is -4.45. The third-order valence-corrected chi connectivity index (χ3v) is 14.3. The Morgan fingerprint density at radius 3 is 0.805 bits per heavy atom. The van der Waals surface area contributed by atoms with E-state index in [9.17, 15) is 14.4 Å². The largest absolute Gasteiger partial charge is 0.462 e. The first-order chi connectivity index (χ1) is 40.5. The van der Waals surface area contributed by atoms with Gasteiger partial charge in [-0.2, -0.15) is 0 Å². The number of carbonyl (C=O) groups is 3. The van der Waals surface area contributed by atoms with Crippen LogP contribution in [0.4, 0.5) is 0 Å². The Bertz CT molecular complexity index is 1730. The zero-order chi connectivity index (χ0) is 59.2. The molecule has 0 radical (unpaired) electrons. The molecule has 0 rings (SSSR count). The highest BCUT2D eigenvalue weighted by Gasteiger charge is 2.19. The fraction of sp³-hybridized carbons (Fsp3) is 0.671. The molecule has 0 amide bonds. The summed E-state index contributed by atoms with van der Waals surface area (Å²) in [7, 11) is 0. The van der Waals surface area contributed by atoms with E-state index in [1.54, 1.807) is 0 Å². The van der Waals surface area contributed by atoms with Crippen LogP contribution in [0, 0.1) is 0 Å². The Morgan fingerprint density at radius 1 is 0.256 bits per heavy atom. The molecule has 6 nitrogen and oxygen atoms in total. The lowest BCUT2D eigenvalue weighted by molar-refractivity contribution is -0.167. The molecule has 1 unspecified atom stereocenters. The quantitative estimate of drug-likeness (QED) is 0.0261. The minimum Gasteiger partial charge on any atom is -0.462 e. The monoisotopic (exact) mass is 1130 g/mol. The molecule has 0 aliphatic rings. The molecule has 82 heavy (non-hydrogen) atoms. The lowest BCUT2D eigenvalue weighted by Gasteiger charge is -2.18. The number of esters is 3. The van der Waals surface area contributed by atoms with Gasteiger partial charge < -0.3 is 14.2 Å². The number of rotatable bonds is 61. The van der Waals surface area contributed by atoms with Crippen molar-refractivity contribution in [2.24, 2.45) is 0 Å². The molecule has 6 heteroatoms. The number of hydrogen-bond donors (Lipinski definition) is 0. The molecule has 0 fully saturated rings. The van der Waals surface area contributed by atoms with E-state index < -0.39 is 6.10 Å². The van der Waals surface area contributed by atoms with Crippen LogP contribution in [-0.2, 0) is 28.6 Å². The topological polar surface area (TPSA) is 78.9 Å². The van der Waals surface area contributed by atoms with Crippen LogP contribution in [0.1, 0.15) is 310 Å². The van der Waals surface area contributed by atoms with Crippen LogP contribution in [0.25, 0.3) is 0 Å². The summed E-state index contributed by atoms with van der Waals surface area (Å²) in [4.78, 5) is 38.3. The van der Waals surface area contributed by atoms with Crippen molar-refractivity contribution >= 4 is 17.9 Å². The van der Waals surface area contributed by atoms with Crippen molar-refractivity contribution in [2.75, 3.05) is 13.2 Å². The summed E-state index contributed by atoms with van der Waals surface area (Å²) in [6.45, 7) is 6.45. The number of carbonyl (C=O) groups excluding carboxylic acids is 3. The zero-order valence-corrected chi connectivity index (χ0v) is 53.5. The zero-order valence-electron chi connectivity index (χ0n) is 53.5. The summed E-state index contributed by atoms with van der Waals surface area (Å²) >= 11 is 0. The average molecular weight is 1140 g/mol. The van der Waals surface area contributed by atoms with E-state index in [1.165, 1.54) is 122 Å². The van der Waals surface area contributed by atoms with Gasteiger partial charge in [0.05, 0.1) is 0 Å². The normalized spacial score (nSPS) is 13.0. The van der Waals surface area contributed by atoms with E-state index in [4.69, 9.17) is 14.2 Å². The first kappa shape index (κ1) is 77.5. The molecule has 0 saturated heterocycles. The second kappa shape index (κ2) is 69.0. The van der Waals surface area contributed by atoms with Gasteiger partial charge in [0, 0.05) is 19.3 Å². The molecule has 1 atom stereocenters. The van der Waals surface area contributed by atoms with Gasteiger partial charge in [0.2, 0.25) is 0 Å². The van der Waals surface area contributed by atoms with Gasteiger partial charge in [0.25, 0.3) is 0 Å². The molecule has 0 aromatic heterocycles. The second-order valence-corrected chi connectivity index (χ2v) is 22.3. The highest BCUT2D eigenvalue weighted by molar-refractivity contribution is 5.71. The second-order valence-electron chi connectivity index (χ2n) is 22.3. The van der Waals surface area contributed by atoms with Crippen LogP contribution in [-0.4, -0.2) is 37.2 Å². The molecular formula is C76H126O6. The molecule has 0 aromatic carbocycles. The Kier molecular flexibility index (Phi) is 65.3. The molecule has 0 aromatic rings. The smallest absolute Gasteiger partial charge is 0.306 e. The van der Waals surface area contributed by atoms with Gasteiger partial charge in [-0.3, -0.25) is 14.4 Å². The highest BCUT2D eigenvalue weighted by atomic mass is 16.6. The van der Waals surface area contributed by atoms with E-state index in [1.807, 2.05) is 0 Å². The molecule has 0 bridgehead atoms. The van der Waals surface area contributed by atoms with Crippen molar-refractivity contribution in [2.45, 2.75) is 316 Å². The van der Waals surface area contributed by atoms with Gasteiger partial charge in [-0.1, -0.05) is 289 Å². The maximum atomic E-state index is 12.9. The van der Waals surface area contributed by atoms with Crippen molar-refractivity contribution in [1.82, 2.24) is 0 Å². The van der Waals surface area contributed by atoms with Gasteiger partial charge in [-0.25, -0.2) is 0 Å². The maximum Gasteiger partial charge on any atom is 0.306 e. The lowest BCUT2D eigenvalue weighted by Crippen LogP contribution is -2.30. The summed E-state index contributed by atoms with van der Waals surface area (Å²) in [5.74, 6) is -0.909. The van der Waals surface area contributed by atoms with Gasteiger partial charge in [0.1, 0.15) is 13.2 Å². The minimum absolute atomic E-state index is 0.0894. The first-order valence-corrected chi connectivity index (χ1v) is 34.2. The van der Waals surface area contributed by atoms with E-state index in [2.05, 4.69) is 154 Å². The molecular weight excluding hydrogens is 1010 g/mol. The van der Waals surface area contributed by atoms with E-state index >= 15 is 0 Å². The van der Waals surface area contributed by atoms with Gasteiger partial charge in [0.15, 0.2) is 6.10 Å². The van der Waals surface area contributed by atoms with Crippen molar-refractivity contribution < 1.29 is 28.6 Å². The predicted molar refractivity (Wildman–Crippen MR) is 357 cm³/mol. The van der Waals surface area contributed by atoms with Crippen molar-refractivity contribution in [3.05, 3.63) is 134 Å². The predicted octanol–water partition coefficient (Wildman–Crippen LogP) is 23.7. The molecule has 0 spiro atoms. The van der Waals surface area contributed by atoms with Crippen LogP contribution in [0.15, 0.2) is 134 Å². The number of ether oxygens (including phenoxy) is 3. The van der Waals surface area contributed by atoms with Crippen LogP contribution >= 0.6 is 0 Å². The third-order valence-electron chi connectivity index (χ3n) is 14.3. The summed E-state index contributed by atoms with van der Waals surface area (Å²) < 4.78 is 16.9. The molecule has 466 valence electrons. The third kappa shape index (κ3) is 66.4. The number of unbranched alkanes of at least 4 members (excludes halogenated alkanes) is 28. The van der Waals surface area contributed by atoms with Crippen molar-refractivity contribution in [1.29, 1.82) is 0 Å². The van der Waals surface area contributed by atoms with Crippen LogP contribution < -0.4 is 0 Å². The van der Waals surface area contributed by atoms with Crippen LogP contribution in [0.3, 0.4) is 0 Å². The van der Waals surface area contributed by atoms with Crippen LogP contribution in [0.5, 0.6) is 0 Å². The minimum atomic E-state index is -0.793. The van der Waals surface area contributed by atoms with Gasteiger partial charge in [-0.05, 0) is 135 Å². The highest BCUT2D eigenvalue weighted by Crippen LogP contribution is 2.16. The summed E-state index contributed by atoms with van der Waals surface area (Å²) in [6, 6.07) is 0. The molecule has 0 aliphatic heterocycles.